The molecule has 1 heterocycles. The van der Waals surface area contributed by atoms with Crippen LogP contribution in [0.5, 0.6) is 0 Å². The van der Waals surface area contributed by atoms with Crippen LogP contribution in [0.4, 0.5) is 0 Å². The van der Waals surface area contributed by atoms with Gasteiger partial charge in [-0.25, -0.2) is 4.79 Å². The van der Waals surface area contributed by atoms with Gasteiger partial charge in [0.15, 0.2) is 6.10 Å². The quantitative estimate of drug-likeness (QED) is 0.552. The molecule has 19 heavy (non-hydrogen) atoms. The summed E-state index contributed by atoms with van der Waals surface area (Å²) in [6.45, 7) is 1.34. The number of amides is 1. The van der Waals surface area contributed by atoms with Gasteiger partial charge in [-0.2, -0.15) is 0 Å². The predicted octanol–water partition coefficient (Wildman–Crippen LogP) is -1.63. The van der Waals surface area contributed by atoms with Crippen LogP contribution in [0.25, 0.3) is 0 Å². The van der Waals surface area contributed by atoms with Gasteiger partial charge in [0.25, 0.3) is 0 Å². The highest BCUT2D eigenvalue weighted by Crippen LogP contribution is 2.24. The molecule has 0 bridgehead atoms. The first-order chi connectivity index (χ1) is 8.92. The lowest BCUT2D eigenvalue weighted by Gasteiger charge is -2.42. The van der Waals surface area contributed by atoms with Crippen LogP contribution in [0.15, 0.2) is 0 Å². The third-order valence-corrected chi connectivity index (χ3v) is 2.94. The number of carbonyl (C=O) groups is 2. The van der Waals surface area contributed by atoms with E-state index in [-0.39, 0.29) is 12.5 Å². The molecule has 1 amide bonds. The summed E-state index contributed by atoms with van der Waals surface area (Å²) in [5.74, 6) is -1.61. The van der Waals surface area contributed by atoms with E-state index in [2.05, 4.69) is 5.32 Å². The normalized spacial score (nSPS) is 34.8. The fourth-order valence-electron chi connectivity index (χ4n) is 2.14. The Labute approximate surface area is 110 Å². The van der Waals surface area contributed by atoms with Gasteiger partial charge < -0.3 is 29.7 Å². The third kappa shape index (κ3) is 3.63. The van der Waals surface area contributed by atoms with Crippen molar-refractivity contribution in [3.8, 4) is 0 Å². The second kappa shape index (κ2) is 6.80. The first kappa shape index (κ1) is 15.8. The second-order valence-electron chi connectivity index (χ2n) is 4.31. The van der Waals surface area contributed by atoms with Gasteiger partial charge in [0, 0.05) is 21.1 Å². The number of rotatable bonds is 5. The van der Waals surface area contributed by atoms with Crippen LogP contribution < -0.4 is 5.32 Å². The van der Waals surface area contributed by atoms with E-state index in [0.29, 0.717) is 0 Å². The SMILES string of the molecule is COCC1OC(C(=O)O)C(OC)C(O)C1NC(C)=O. The average molecular weight is 277 g/mol. The van der Waals surface area contributed by atoms with Crippen LogP contribution in [0.1, 0.15) is 6.92 Å². The number of nitrogens with one attached hydrogen (secondary N) is 1. The van der Waals surface area contributed by atoms with Crippen molar-refractivity contribution in [2.45, 2.75) is 37.4 Å². The number of methoxy groups -OCH3 is 2. The molecule has 0 aliphatic carbocycles. The Balaban J connectivity index is 2.95. The highest BCUT2D eigenvalue weighted by Gasteiger charge is 2.48. The minimum absolute atomic E-state index is 0.0439. The zero-order valence-electron chi connectivity index (χ0n) is 11.0. The molecule has 0 aromatic heterocycles. The molecule has 0 aromatic carbocycles. The Morgan fingerprint density at radius 2 is 2.00 bits per heavy atom. The first-order valence-electron chi connectivity index (χ1n) is 5.77. The molecule has 1 rings (SSSR count). The second-order valence-corrected chi connectivity index (χ2v) is 4.31. The van der Waals surface area contributed by atoms with Crippen LogP contribution in [-0.4, -0.2) is 73.4 Å². The van der Waals surface area contributed by atoms with Crippen molar-refractivity contribution < 1.29 is 34.0 Å². The molecule has 1 fully saturated rings. The maximum Gasteiger partial charge on any atom is 0.335 e. The Kier molecular flexibility index (Phi) is 5.67. The number of hydrogen-bond acceptors (Lipinski definition) is 6. The van der Waals surface area contributed by atoms with Gasteiger partial charge in [-0.1, -0.05) is 0 Å². The molecule has 0 saturated carbocycles. The zero-order valence-corrected chi connectivity index (χ0v) is 11.0. The van der Waals surface area contributed by atoms with Crippen LogP contribution >= 0.6 is 0 Å². The maximum absolute atomic E-state index is 11.1. The van der Waals surface area contributed by atoms with Gasteiger partial charge in [-0.15, -0.1) is 0 Å². The summed E-state index contributed by atoms with van der Waals surface area (Å²) in [4.78, 5) is 22.2. The zero-order chi connectivity index (χ0) is 14.6. The Bertz CT molecular complexity index is 333. The fraction of sp³-hybridized carbons (Fsp3) is 0.818. The van der Waals surface area contributed by atoms with E-state index in [1.807, 2.05) is 0 Å². The van der Waals surface area contributed by atoms with Gasteiger partial charge in [-0.05, 0) is 0 Å². The number of hydrogen-bond donors (Lipinski definition) is 3. The predicted molar refractivity (Wildman–Crippen MR) is 62.6 cm³/mol. The Hall–Kier alpha value is -1.22. The summed E-state index contributed by atoms with van der Waals surface area (Å²) < 4.78 is 15.2. The largest absolute Gasteiger partial charge is 0.479 e. The first-order valence-corrected chi connectivity index (χ1v) is 5.77. The van der Waals surface area contributed by atoms with E-state index in [1.165, 1.54) is 21.1 Å². The fourth-order valence-corrected chi connectivity index (χ4v) is 2.14. The molecular weight excluding hydrogens is 258 g/mol. The van der Waals surface area contributed by atoms with Gasteiger partial charge >= 0.3 is 5.97 Å². The molecule has 0 spiro atoms. The van der Waals surface area contributed by atoms with Crippen LogP contribution in [0, 0.1) is 0 Å². The van der Waals surface area contributed by atoms with E-state index in [4.69, 9.17) is 19.3 Å². The minimum Gasteiger partial charge on any atom is -0.479 e. The van der Waals surface area contributed by atoms with Gasteiger partial charge in [0.1, 0.15) is 18.3 Å². The van der Waals surface area contributed by atoms with Crippen molar-refractivity contribution >= 4 is 11.9 Å². The molecule has 1 aliphatic heterocycles. The number of carboxylic acids is 1. The Morgan fingerprint density at radius 3 is 2.42 bits per heavy atom. The van der Waals surface area contributed by atoms with Gasteiger partial charge in [-0.3, -0.25) is 4.79 Å². The molecule has 1 aliphatic rings. The van der Waals surface area contributed by atoms with Crippen LogP contribution in [0.3, 0.4) is 0 Å². The standard InChI is InChI=1S/C11H19NO7/c1-5(13)12-7-6(4-17-2)19-10(11(15)16)9(18-3)8(7)14/h6-10,14H,4H2,1-3H3,(H,12,13)(H,15,16). The van der Waals surface area contributed by atoms with E-state index >= 15 is 0 Å². The lowest BCUT2D eigenvalue weighted by Crippen LogP contribution is -2.66. The number of aliphatic hydroxyl groups is 1. The summed E-state index contributed by atoms with van der Waals surface area (Å²) in [6.07, 6.45) is -4.35. The minimum atomic E-state index is -1.31. The van der Waals surface area contributed by atoms with Crippen molar-refractivity contribution in [1.29, 1.82) is 0 Å². The molecule has 8 heteroatoms. The lowest BCUT2D eigenvalue weighted by atomic mass is 9.92. The molecule has 5 unspecified atom stereocenters. The molecule has 1 saturated heterocycles. The Morgan fingerprint density at radius 1 is 1.37 bits per heavy atom. The summed E-state index contributed by atoms with van der Waals surface area (Å²) in [6, 6.07) is -0.794. The van der Waals surface area contributed by atoms with Crippen molar-refractivity contribution in [3.63, 3.8) is 0 Å². The molecule has 0 radical (unpaired) electrons. The maximum atomic E-state index is 11.1. The van der Waals surface area contributed by atoms with Crippen LogP contribution in [-0.2, 0) is 23.8 Å². The molecule has 3 N–H and O–H groups in total. The monoisotopic (exact) mass is 277 g/mol. The van der Waals surface area contributed by atoms with E-state index in [9.17, 15) is 14.7 Å². The van der Waals surface area contributed by atoms with E-state index in [0.717, 1.165) is 0 Å². The van der Waals surface area contributed by atoms with Gasteiger partial charge in [0.2, 0.25) is 5.91 Å². The molecule has 5 atom stereocenters. The van der Waals surface area contributed by atoms with Gasteiger partial charge in [0.05, 0.1) is 12.6 Å². The number of carboxylic acid groups (broad SMARTS) is 1. The summed E-state index contributed by atoms with van der Waals surface area (Å²) in [5.41, 5.74) is 0. The van der Waals surface area contributed by atoms with Crippen molar-refractivity contribution in [1.82, 2.24) is 5.32 Å². The summed E-state index contributed by atoms with van der Waals surface area (Å²) in [7, 11) is 2.69. The topological polar surface area (TPSA) is 114 Å². The molecule has 8 nitrogen and oxygen atoms in total. The third-order valence-electron chi connectivity index (χ3n) is 2.94. The molecular formula is C11H19NO7. The number of ether oxygens (including phenoxy) is 3. The lowest BCUT2D eigenvalue weighted by molar-refractivity contribution is -0.214. The average Bonchev–Trinajstić information content (AvgIpc) is 2.33. The highest BCUT2D eigenvalue weighted by molar-refractivity contribution is 5.75. The van der Waals surface area contributed by atoms with E-state index in [1.54, 1.807) is 0 Å². The number of carbonyl (C=O) groups excluding carboxylic acids is 1. The van der Waals surface area contributed by atoms with Crippen molar-refractivity contribution in [3.05, 3.63) is 0 Å². The number of aliphatic hydroxyl groups excluding tert-OH is 1. The van der Waals surface area contributed by atoms with Crippen LogP contribution in [0.2, 0.25) is 0 Å². The van der Waals surface area contributed by atoms with E-state index < -0.39 is 36.4 Å². The number of aliphatic carboxylic acids is 1. The van der Waals surface area contributed by atoms with Crippen molar-refractivity contribution in [2.75, 3.05) is 20.8 Å². The summed E-state index contributed by atoms with van der Waals surface area (Å²) >= 11 is 0. The summed E-state index contributed by atoms with van der Waals surface area (Å²) in [5, 5.41) is 21.7. The highest BCUT2D eigenvalue weighted by atomic mass is 16.6. The molecule has 110 valence electrons. The smallest absolute Gasteiger partial charge is 0.335 e. The molecule has 0 aromatic rings. The van der Waals surface area contributed by atoms with Crippen molar-refractivity contribution in [2.24, 2.45) is 0 Å².